The monoisotopic (exact) mass is 277 g/mol. The average molecular weight is 277 g/mol. The van der Waals surface area contributed by atoms with Gasteiger partial charge in [-0.25, -0.2) is 4.79 Å². The van der Waals surface area contributed by atoms with Crippen molar-refractivity contribution >= 4 is 18.0 Å². The van der Waals surface area contributed by atoms with Crippen molar-refractivity contribution in [2.24, 2.45) is 0 Å². The fourth-order valence-corrected chi connectivity index (χ4v) is 1.82. The SMILES string of the molecule is CCC(CC)(NC(=O)C=Cc1ccc(O)cc1)C(=O)O. The van der Waals surface area contributed by atoms with Gasteiger partial charge in [0.05, 0.1) is 0 Å². The van der Waals surface area contributed by atoms with E-state index < -0.39 is 17.4 Å². The number of phenols is 1. The number of carboxylic acid groups (broad SMARTS) is 1. The summed E-state index contributed by atoms with van der Waals surface area (Å²) in [5.41, 5.74) is -0.483. The van der Waals surface area contributed by atoms with Crippen molar-refractivity contribution in [1.29, 1.82) is 0 Å². The largest absolute Gasteiger partial charge is 0.508 e. The number of rotatable bonds is 6. The van der Waals surface area contributed by atoms with Gasteiger partial charge in [0.1, 0.15) is 11.3 Å². The van der Waals surface area contributed by atoms with Crippen molar-refractivity contribution < 1.29 is 19.8 Å². The van der Waals surface area contributed by atoms with E-state index >= 15 is 0 Å². The first-order valence-corrected chi connectivity index (χ1v) is 6.46. The van der Waals surface area contributed by atoms with Crippen molar-refractivity contribution in [2.75, 3.05) is 0 Å². The van der Waals surface area contributed by atoms with Crippen LogP contribution in [0.4, 0.5) is 0 Å². The molecular weight excluding hydrogens is 258 g/mol. The average Bonchev–Trinajstić information content (AvgIpc) is 2.44. The van der Waals surface area contributed by atoms with Gasteiger partial charge in [-0.1, -0.05) is 26.0 Å². The summed E-state index contributed by atoms with van der Waals surface area (Å²) in [6.45, 7) is 3.45. The molecule has 0 aliphatic carbocycles. The fourth-order valence-electron chi connectivity index (χ4n) is 1.82. The Kier molecular flexibility index (Phi) is 5.32. The molecule has 0 radical (unpaired) electrons. The van der Waals surface area contributed by atoms with Gasteiger partial charge >= 0.3 is 5.97 Å². The molecule has 0 aromatic heterocycles. The Morgan fingerprint density at radius 1 is 1.20 bits per heavy atom. The summed E-state index contributed by atoms with van der Waals surface area (Å²) in [7, 11) is 0. The minimum absolute atomic E-state index is 0.147. The topological polar surface area (TPSA) is 86.6 Å². The number of amides is 1. The van der Waals surface area contributed by atoms with Crippen molar-refractivity contribution in [3.63, 3.8) is 0 Å². The summed E-state index contributed by atoms with van der Waals surface area (Å²) < 4.78 is 0. The molecule has 0 atom stereocenters. The van der Waals surface area contributed by atoms with E-state index in [1.54, 1.807) is 32.1 Å². The van der Waals surface area contributed by atoms with Crippen LogP contribution in [0.5, 0.6) is 5.75 Å². The highest BCUT2D eigenvalue weighted by atomic mass is 16.4. The molecule has 3 N–H and O–H groups in total. The minimum atomic E-state index is -1.23. The standard InChI is InChI=1S/C15H19NO4/c1-3-15(4-2,14(19)20)16-13(18)10-7-11-5-8-12(17)9-6-11/h5-10,17H,3-4H2,1-2H3,(H,16,18)(H,19,20). The molecule has 0 heterocycles. The maximum atomic E-state index is 11.8. The molecule has 1 aromatic carbocycles. The maximum absolute atomic E-state index is 11.8. The van der Waals surface area contributed by atoms with E-state index in [0.717, 1.165) is 5.56 Å². The summed E-state index contributed by atoms with van der Waals surface area (Å²) in [5.74, 6) is -1.34. The van der Waals surface area contributed by atoms with Crippen LogP contribution in [-0.4, -0.2) is 27.6 Å². The molecule has 0 unspecified atom stereocenters. The van der Waals surface area contributed by atoms with E-state index in [1.165, 1.54) is 18.2 Å². The lowest BCUT2D eigenvalue weighted by Crippen LogP contribution is -2.53. The van der Waals surface area contributed by atoms with Crippen LogP contribution >= 0.6 is 0 Å². The zero-order valence-electron chi connectivity index (χ0n) is 11.6. The van der Waals surface area contributed by atoms with Gasteiger partial charge in [-0.3, -0.25) is 4.79 Å². The van der Waals surface area contributed by atoms with Crippen LogP contribution in [0.2, 0.25) is 0 Å². The second kappa shape index (κ2) is 6.75. The van der Waals surface area contributed by atoms with Crippen LogP contribution < -0.4 is 5.32 Å². The number of carbonyl (C=O) groups is 2. The second-order valence-corrected chi connectivity index (χ2v) is 4.51. The highest BCUT2D eigenvalue weighted by Gasteiger charge is 2.35. The Morgan fingerprint density at radius 3 is 2.20 bits per heavy atom. The molecule has 1 amide bonds. The molecule has 0 spiro atoms. The lowest BCUT2D eigenvalue weighted by atomic mass is 9.93. The van der Waals surface area contributed by atoms with Gasteiger partial charge in [0, 0.05) is 6.08 Å². The third-order valence-electron chi connectivity index (χ3n) is 3.30. The van der Waals surface area contributed by atoms with Crippen molar-refractivity contribution in [1.82, 2.24) is 5.32 Å². The summed E-state index contributed by atoms with van der Waals surface area (Å²) >= 11 is 0. The van der Waals surface area contributed by atoms with E-state index in [0.29, 0.717) is 12.8 Å². The van der Waals surface area contributed by atoms with E-state index in [4.69, 9.17) is 5.11 Å². The Labute approximate surface area is 117 Å². The number of phenolic OH excluding ortho intramolecular Hbond substituents is 1. The number of hydrogen-bond donors (Lipinski definition) is 3. The molecule has 0 saturated heterocycles. The van der Waals surface area contributed by atoms with Gasteiger partial charge in [-0.2, -0.15) is 0 Å². The first-order valence-electron chi connectivity index (χ1n) is 6.46. The predicted molar refractivity (Wildman–Crippen MR) is 76.2 cm³/mol. The number of carbonyl (C=O) groups excluding carboxylic acids is 1. The molecule has 1 rings (SSSR count). The Balaban J connectivity index is 2.76. The highest BCUT2D eigenvalue weighted by Crippen LogP contribution is 2.16. The van der Waals surface area contributed by atoms with Crippen molar-refractivity contribution in [3.05, 3.63) is 35.9 Å². The van der Waals surface area contributed by atoms with Crippen LogP contribution in [0.3, 0.4) is 0 Å². The fraction of sp³-hybridized carbons (Fsp3) is 0.333. The van der Waals surface area contributed by atoms with Crippen LogP contribution in [0.1, 0.15) is 32.3 Å². The molecule has 5 heteroatoms. The molecule has 0 aliphatic rings. The maximum Gasteiger partial charge on any atom is 0.329 e. The Hall–Kier alpha value is -2.30. The summed E-state index contributed by atoms with van der Waals surface area (Å²) in [5, 5.41) is 20.9. The summed E-state index contributed by atoms with van der Waals surface area (Å²) in [6, 6.07) is 6.33. The number of aromatic hydroxyl groups is 1. The quantitative estimate of drug-likeness (QED) is 0.695. The van der Waals surface area contributed by atoms with E-state index in [9.17, 15) is 14.7 Å². The Morgan fingerprint density at radius 2 is 1.75 bits per heavy atom. The third kappa shape index (κ3) is 3.85. The molecular formula is C15H19NO4. The smallest absolute Gasteiger partial charge is 0.329 e. The second-order valence-electron chi connectivity index (χ2n) is 4.51. The zero-order valence-corrected chi connectivity index (χ0v) is 11.6. The van der Waals surface area contributed by atoms with Gasteiger partial charge in [0.25, 0.3) is 0 Å². The van der Waals surface area contributed by atoms with Gasteiger partial charge in [0.2, 0.25) is 5.91 Å². The van der Waals surface area contributed by atoms with Crippen molar-refractivity contribution in [2.45, 2.75) is 32.2 Å². The van der Waals surface area contributed by atoms with Crippen molar-refractivity contribution in [3.8, 4) is 5.75 Å². The first-order chi connectivity index (χ1) is 9.43. The molecule has 5 nitrogen and oxygen atoms in total. The predicted octanol–water partition coefficient (Wildman–Crippen LogP) is 2.16. The van der Waals surface area contributed by atoms with Crippen LogP contribution in [0, 0.1) is 0 Å². The molecule has 1 aromatic rings. The molecule has 0 bridgehead atoms. The molecule has 0 aliphatic heterocycles. The van der Waals surface area contributed by atoms with Crippen LogP contribution in [0.25, 0.3) is 6.08 Å². The molecule has 0 fully saturated rings. The number of nitrogens with one attached hydrogen (secondary N) is 1. The normalized spacial score (nSPS) is 11.5. The van der Waals surface area contributed by atoms with Gasteiger partial charge in [0.15, 0.2) is 0 Å². The van der Waals surface area contributed by atoms with E-state index in [2.05, 4.69) is 5.32 Å². The minimum Gasteiger partial charge on any atom is -0.508 e. The lowest BCUT2D eigenvalue weighted by Gasteiger charge is -2.27. The summed E-state index contributed by atoms with van der Waals surface area (Å²) in [4.78, 5) is 23.1. The molecule has 108 valence electrons. The van der Waals surface area contributed by atoms with Gasteiger partial charge in [-0.05, 0) is 36.6 Å². The van der Waals surface area contributed by atoms with Crippen LogP contribution in [-0.2, 0) is 9.59 Å². The third-order valence-corrected chi connectivity index (χ3v) is 3.30. The number of hydrogen-bond acceptors (Lipinski definition) is 3. The van der Waals surface area contributed by atoms with Crippen LogP contribution in [0.15, 0.2) is 30.3 Å². The highest BCUT2D eigenvalue weighted by molar-refractivity contribution is 5.95. The first kappa shape index (κ1) is 15.8. The van der Waals surface area contributed by atoms with Gasteiger partial charge < -0.3 is 15.5 Å². The molecule has 0 saturated carbocycles. The number of benzene rings is 1. The number of aliphatic carboxylic acids is 1. The Bertz CT molecular complexity index is 501. The summed E-state index contributed by atoms with van der Waals surface area (Å²) in [6.07, 6.45) is 3.48. The van der Waals surface area contributed by atoms with E-state index in [-0.39, 0.29) is 5.75 Å². The lowest BCUT2D eigenvalue weighted by molar-refractivity contribution is -0.147. The van der Waals surface area contributed by atoms with E-state index in [1.807, 2.05) is 0 Å². The number of carboxylic acids is 1. The zero-order chi connectivity index (χ0) is 15.2. The van der Waals surface area contributed by atoms with Gasteiger partial charge in [-0.15, -0.1) is 0 Å². The molecule has 20 heavy (non-hydrogen) atoms.